The minimum absolute atomic E-state index is 0.0904. The van der Waals surface area contributed by atoms with Crippen LogP contribution in [0.1, 0.15) is 209 Å². The maximum atomic E-state index is 6.21. The van der Waals surface area contributed by atoms with Crippen LogP contribution < -0.4 is 0 Å². The minimum atomic E-state index is -2.54. The Hall–Kier alpha value is 0.920. The van der Waals surface area contributed by atoms with E-state index in [2.05, 4.69) is 55.4 Å². The van der Waals surface area contributed by atoms with E-state index in [0.717, 1.165) is 12.8 Å². The van der Waals surface area contributed by atoms with Gasteiger partial charge in [0, 0.05) is 0 Å². The van der Waals surface area contributed by atoms with Crippen molar-refractivity contribution in [3.63, 3.8) is 0 Å². The van der Waals surface area contributed by atoms with Gasteiger partial charge >= 0.3 is 0 Å². The average molecular weight is 663 g/mol. The van der Waals surface area contributed by atoms with E-state index in [1.165, 1.54) is 141 Å². The van der Waals surface area contributed by atoms with Crippen LogP contribution in [0.5, 0.6) is 0 Å². The zero-order valence-corrected chi connectivity index (χ0v) is 33.3. The standard InChI is InChI=1S/C38H79O2PS2/c1-9-11-13-15-17-19-21-23-25-27-29-35(3)31-37(5,6)33-39-41(42,43)40-34-38(7,8)32-36(4)30-28-26-24-22-20-18-16-14-12-10-2/h35-36H,9-34H2,1-8H3,(H,42,43). The highest BCUT2D eigenvalue weighted by molar-refractivity contribution is 8.60. The van der Waals surface area contributed by atoms with Gasteiger partial charge in [-0.3, -0.25) is 0 Å². The van der Waals surface area contributed by atoms with Gasteiger partial charge in [-0.15, -0.1) is 0 Å². The van der Waals surface area contributed by atoms with Crippen LogP contribution in [0.25, 0.3) is 0 Å². The molecule has 2 atom stereocenters. The fourth-order valence-corrected chi connectivity index (χ4v) is 8.48. The first-order chi connectivity index (χ1) is 20.3. The molecular weight excluding hydrogens is 584 g/mol. The first-order valence-corrected chi connectivity index (χ1v) is 22.7. The summed E-state index contributed by atoms with van der Waals surface area (Å²) in [4.78, 5) is 0. The van der Waals surface area contributed by atoms with E-state index in [-0.39, 0.29) is 10.8 Å². The van der Waals surface area contributed by atoms with E-state index >= 15 is 0 Å². The monoisotopic (exact) mass is 663 g/mol. The Morgan fingerprint density at radius 1 is 0.512 bits per heavy atom. The molecule has 0 aromatic rings. The Balaban J connectivity index is 4.06. The van der Waals surface area contributed by atoms with E-state index in [9.17, 15) is 0 Å². The molecule has 0 aliphatic heterocycles. The molecule has 0 spiro atoms. The molecule has 0 aliphatic carbocycles. The van der Waals surface area contributed by atoms with E-state index in [1.54, 1.807) is 0 Å². The molecule has 0 saturated heterocycles. The van der Waals surface area contributed by atoms with Gasteiger partial charge in [-0.1, -0.05) is 209 Å². The molecular formula is C38H79O2PS2. The highest BCUT2D eigenvalue weighted by Crippen LogP contribution is 2.55. The molecule has 260 valence electrons. The summed E-state index contributed by atoms with van der Waals surface area (Å²) in [6.45, 7) is 19.9. The molecule has 0 radical (unpaired) electrons. The lowest BCUT2D eigenvalue weighted by Crippen LogP contribution is -2.23. The first-order valence-electron chi connectivity index (χ1n) is 18.9. The van der Waals surface area contributed by atoms with Crippen molar-refractivity contribution in [3.05, 3.63) is 0 Å². The van der Waals surface area contributed by atoms with Gasteiger partial charge < -0.3 is 9.05 Å². The summed E-state index contributed by atoms with van der Waals surface area (Å²) >= 11 is 10.5. The van der Waals surface area contributed by atoms with Crippen LogP contribution in [-0.2, 0) is 20.9 Å². The molecule has 0 aromatic heterocycles. The van der Waals surface area contributed by atoms with Crippen LogP contribution in [0, 0.1) is 22.7 Å². The van der Waals surface area contributed by atoms with Crippen molar-refractivity contribution in [2.45, 2.75) is 209 Å². The second-order valence-corrected chi connectivity index (χ2v) is 21.2. The van der Waals surface area contributed by atoms with Crippen molar-refractivity contribution in [2.75, 3.05) is 13.2 Å². The quantitative estimate of drug-likeness (QED) is 0.0439. The van der Waals surface area contributed by atoms with E-state index in [0.29, 0.717) is 25.0 Å². The van der Waals surface area contributed by atoms with Gasteiger partial charge in [-0.05, 0) is 47.3 Å². The molecule has 0 aliphatic rings. The maximum absolute atomic E-state index is 6.21. The van der Waals surface area contributed by atoms with Crippen LogP contribution in [0.4, 0.5) is 0 Å². The summed E-state index contributed by atoms with van der Waals surface area (Å²) < 4.78 is 12.4. The molecule has 0 aromatic carbocycles. The summed E-state index contributed by atoms with van der Waals surface area (Å²) in [5, 5.41) is 0. The zero-order valence-electron chi connectivity index (χ0n) is 30.7. The molecule has 0 N–H and O–H groups in total. The number of rotatable bonds is 32. The van der Waals surface area contributed by atoms with Gasteiger partial charge in [0.25, 0.3) is 0 Å². The van der Waals surface area contributed by atoms with Crippen molar-refractivity contribution in [3.8, 4) is 0 Å². The smallest absolute Gasteiger partial charge is 0.244 e. The second kappa shape index (κ2) is 26.9. The topological polar surface area (TPSA) is 18.5 Å². The third kappa shape index (κ3) is 30.0. The van der Waals surface area contributed by atoms with Gasteiger partial charge in [-0.25, -0.2) is 0 Å². The molecule has 0 amide bonds. The second-order valence-electron chi connectivity index (χ2n) is 15.9. The van der Waals surface area contributed by atoms with E-state index in [1.807, 2.05) is 0 Å². The predicted molar refractivity (Wildman–Crippen MR) is 203 cm³/mol. The van der Waals surface area contributed by atoms with Crippen molar-refractivity contribution >= 4 is 29.7 Å². The number of unbranched alkanes of at least 4 members (excludes halogenated alkanes) is 18. The Bertz CT molecular complexity index is 614. The lowest BCUT2D eigenvalue weighted by molar-refractivity contribution is 0.115. The fraction of sp³-hybridized carbons (Fsp3) is 1.00. The predicted octanol–water partition coefficient (Wildman–Crippen LogP) is 14.9. The summed E-state index contributed by atoms with van der Waals surface area (Å²) in [5.41, 5.74) is -2.36. The highest BCUT2D eigenvalue weighted by atomic mass is 32.9. The molecule has 5 heteroatoms. The normalized spacial score (nSPS) is 15.5. The van der Waals surface area contributed by atoms with Gasteiger partial charge in [0.2, 0.25) is 5.69 Å². The van der Waals surface area contributed by atoms with Crippen LogP contribution in [0.15, 0.2) is 0 Å². The summed E-state index contributed by atoms with van der Waals surface area (Å²) in [6.07, 6.45) is 33.0. The molecule has 0 bridgehead atoms. The van der Waals surface area contributed by atoms with Crippen molar-refractivity contribution in [1.82, 2.24) is 0 Å². The molecule has 43 heavy (non-hydrogen) atoms. The molecule has 0 fully saturated rings. The number of hydrogen-bond donors (Lipinski definition) is 1. The SMILES string of the molecule is CCCCCCCCCCCCC(C)CC(C)(C)COP(=S)(S)OCC(C)(C)CC(C)CCCCCCCCCCCC. The minimum Gasteiger partial charge on any atom is -0.321 e. The lowest BCUT2D eigenvalue weighted by atomic mass is 9.82. The number of thiol groups is 1. The molecule has 2 nitrogen and oxygen atoms in total. The Morgan fingerprint density at radius 2 is 0.767 bits per heavy atom. The largest absolute Gasteiger partial charge is 0.321 e. The van der Waals surface area contributed by atoms with Gasteiger partial charge in [0.1, 0.15) is 0 Å². The average Bonchev–Trinajstić information content (AvgIpc) is 2.93. The lowest BCUT2D eigenvalue weighted by Gasteiger charge is -2.32. The van der Waals surface area contributed by atoms with Crippen molar-refractivity contribution < 1.29 is 9.05 Å². The summed E-state index contributed by atoms with van der Waals surface area (Å²) in [5.74, 6) is 1.42. The Labute approximate surface area is 283 Å². The summed E-state index contributed by atoms with van der Waals surface area (Å²) in [7, 11) is 0. The van der Waals surface area contributed by atoms with Crippen molar-refractivity contribution in [2.24, 2.45) is 22.7 Å². The van der Waals surface area contributed by atoms with Crippen LogP contribution in [0.3, 0.4) is 0 Å². The highest BCUT2D eigenvalue weighted by Gasteiger charge is 2.28. The van der Waals surface area contributed by atoms with Gasteiger partial charge in [-0.2, -0.15) is 0 Å². The van der Waals surface area contributed by atoms with Gasteiger partial charge in [0.15, 0.2) is 0 Å². The maximum Gasteiger partial charge on any atom is 0.244 e. The third-order valence-electron chi connectivity index (χ3n) is 9.14. The van der Waals surface area contributed by atoms with Crippen LogP contribution in [0.2, 0.25) is 0 Å². The number of hydrogen-bond acceptors (Lipinski definition) is 3. The molecule has 0 saturated carbocycles. The molecule has 0 rings (SSSR count). The summed E-state index contributed by atoms with van der Waals surface area (Å²) in [6, 6.07) is 0. The molecule has 0 heterocycles. The Kier molecular flexibility index (Phi) is 27.5. The third-order valence-corrected chi connectivity index (χ3v) is 11.4. The zero-order chi connectivity index (χ0) is 32.5. The van der Waals surface area contributed by atoms with Crippen LogP contribution >= 0.6 is 17.9 Å². The van der Waals surface area contributed by atoms with Crippen molar-refractivity contribution in [1.29, 1.82) is 0 Å². The fourth-order valence-electron chi connectivity index (χ4n) is 6.72. The van der Waals surface area contributed by atoms with E-state index in [4.69, 9.17) is 33.1 Å². The first kappa shape index (κ1) is 43.9. The van der Waals surface area contributed by atoms with E-state index < -0.39 is 5.69 Å². The van der Waals surface area contributed by atoms with Crippen LogP contribution in [-0.4, -0.2) is 13.2 Å². The Morgan fingerprint density at radius 3 is 1.05 bits per heavy atom. The van der Waals surface area contributed by atoms with Gasteiger partial charge in [0.05, 0.1) is 13.2 Å². The molecule has 2 unspecified atom stereocenters.